The zero-order chi connectivity index (χ0) is 20.8. The molecule has 0 bridgehead atoms. The van der Waals surface area contributed by atoms with Crippen LogP contribution in [0, 0.1) is 12.2 Å². The summed E-state index contributed by atoms with van der Waals surface area (Å²) >= 11 is -0.556. The van der Waals surface area contributed by atoms with Gasteiger partial charge in [0, 0.05) is 42.7 Å². The molecule has 0 atom stereocenters. The first-order valence-electron chi connectivity index (χ1n) is 7.82. The van der Waals surface area contributed by atoms with Crippen molar-refractivity contribution in [3.05, 3.63) is 46.8 Å². The molecule has 0 aliphatic heterocycles. The summed E-state index contributed by atoms with van der Waals surface area (Å²) in [4.78, 5) is 0. The van der Waals surface area contributed by atoms with E-state index in [2.05, 4.69) is 12.2 Å². The Bertz CT molecular complexity index is 472. The second-order valence-electron chi connectivity index (χ2n) is 4.80. The van der Waals surface area contributed by atoms with Gasteiger partial charge in [0.15, 0.2) is 0 Å². The normalized spacial score (nSPS) is 15.4. The molecular weight excluding hydrogens is 463 g/mol. The Balaban J connectivity index is 0.000000438. The van der Waals surface area contributed by atoms with E-state index < -0.39 is 34.6 Å². The van der Waals surface area contributed by atoms with Gasteiger partial charge in [-0.2, -0.15) is 22.5 Å². The van der Waals surface area contributed by atoms with Crippen LogP contribution >= 0.6 is 18.6 Å². The Morgan fingerprint density at radius 3 is 1.11 bits per heavy atom. The maximum atomic E-state index is 5.26. The first-order chi connectivity index (χ1) is 13.0. The molecule has 0 saturated carbocycles. The Labute approximate surface area is 181 Å². The summed E-state index contributed by atoms with van der Waals surface area (Å²) in [5.41, 5.74) is 0. The fraction of sp³-hybridized carbons (Fsp3) is 0.500. The topological polar surface area (TPSA) is 55.4 Å². The monoisotopic (exact) mass is 488 g/mol. The van der Waals surface area contributed by atoms with Gasteiger partial charge in [-0.15, -0.1) is 12.8 Å². The van der Waals surface area contributed by atoms with E-state index >= 15 is 0 Å². The molecule has 0 aromatic carbocycles. The van der Waals surface area contributed by atoms with Gasteiger partial charge in [0.1, 0.15) is 0 Å². The quantitative estimate of drug-likeness (QED) is 0.384. The van der Waals surface area contributed by atoms with Crippen LogP contribution in [0.5, 0.6) is 0 Å². The Hall–Kier alpha value is 0.448. The standard InChI is InChI=1S/2C8H13O3Si.2ClH.Ti/c2*1-9-12(10-2,11-3)8-6-4-5-7-8;;;/h2*4,6H,5H2,1-3H3;2*1H;/q2*-1;;;+2/p-2. The summed E-state index contributed by atoms with van der Waals surface area (Å²) in [6.07, 6.45) is 15.8. The summed E-state index contributed by atoms with van der Waals surface area (Å²) in [6, 6.07) is 0. The van der Waals surface area contributed by atoms with Gasteiger partial charge >= 0.3 is 53.3 Å². The van der Waals surface area contributed by atoms with Crippen molar-refractivity contribution in [1.82, 2.24) is 0 Å². The molecule has 0 fully saturated rings. The summed E-state index contributed by atoms with van der Waals surface area (Å²) in [5.74, 6) is 0. The predicted octanol–water partition coefficient (Wildman–Crippen LogP) is 3.56. The van der Waals surface area contributed by atoms with Gasteiger partial charge in [0.05, 0.1) is 0 Å². The molecule has 0 saturated heterocycles. The van der Waals surface area contributed by atoms with Crippen molar-refractivity contribution in [2.75, 3.05) is 42.7 Å². The van der Waals surface area contributed by atoms with Crippen molar-refractivity contribution in [1.29, 1.82) is 0 Å². The van der Waals surface area contributed by atoms with E-state index in [1.54, 1.807) is 42.7 Å². The minimum absolute atomic E-state index is 0.556. The summed E-state index contributed by atoms with van der Waals surface area (Å²) in [5, 5.41) is 1.85. The van der Waals surface area contributed by atoms with Crippen LogP contribution < -0.4 is 0 Å². The van der Waals surface area contributed by atoms with Crippen molar-refractivity contribution in [3.8, 4) is 0 Å². The maximum absolute atomic E-state index is 5.26. The Morgan fingerprint density at radius 2 is 0.963 bits per heavy atom. The van der Waals surface area contributed by atoms with E-state index in [-0.39, 0.29) is 0 Å². The van der Waals surface area contributed by atoms with E-state index in [1.807, 2.05) is 24.3 Å². The first-order valence-corrected chi connectivity index (χ1v) is 15.6. The second kappa shape index (κ2) is 15.3. The van der Waals surface area contributed by atoms with Crippen LogP contribution in [0.15, 0.2) is 34.7 Å². The molecule has 0 aromatic heterocycles. The van der Waals surface area contributed by atoms with Gasteiger partial charge in [0.2, 0.25) is 0 Å². The van der Waals surface area contributed by atoms with Crippen molar-refractivity contribution in [3.63, 3.8) is 0 Å². The molecule has 0 heterocycles. The van der Waals surface area contributed by atoms with Gasteiger partial charge in [-0.25, -0.2) is 12.2 Å². The first kappa shape index (κ1) is 27.4. The molecular formula is C16H26Cl2O6Si2Ti-2. The second-order valence-corrected chi connectivity index (χ2v) is 13.1. The van der Waals surface area contributed by atoms with Crippen LogP contribution in [-0.2, 0) is 43.6 Å². The van der Waals surface area contributed by atoms with Gasteiger partial charge < -0.3 is 26.6 Å². The van der Waals surface area contributed by atoms with Crippen molar-refractivity contribution < 1.29 is 43.6 Å². The summed E-state index contributed by atoms with van der Waals surface area (Å²) in [6.45, 7) is 0. The van der Waals surface area contributed by atoms with Crippen LogP contribution in [0.25, 0.3) is 0 Å². The van der Waals surface area contributed by atoms with Crippen LogP contribution in [0.4, 0.5) is 0 Å². The van der Waals surface area contributed by atoms with Crippen molar-refractivity contribution >= 4 is 36.2 Å². The third kappa shape index (κ3) is 8.00. The van der Waals surface area contributed by atoms with Crippen molar-refractivity contribution in [2.24, 2.45) is 0 Å². The summed E-state index contributed by atoms with van der Waals surface area (Å²) in [7, 11) is 14.2. The van der Waals surface area contributed by atoms with Gasteiger partial charge in [-0.3, -0.25) is 12.2 Å². The zero-order valence-corrected chi connectivity index (χ0v) is 21.5. The number of allylic oxidation sites excluding steroid dienone is 8. The molecule has 0 amide bonds. The third-order valence-corrected chi connectivity index (χ3v) is 8.89. The number of halogens is 2. The van der Waals surface area contributed by atoms with Crippen LogP contribution in [0.3, 0.4) is 0 Å². The van der Waals surface area contributed by atoms with E-state index in [4.69, 9.17) is 45.2 Å². The molecule has 6 nitrogen and oxygen atoms in total. The molecule has 0 radical (unpaired) electrons. The van der Waals surface area contributed by atoms with Gasteiger partial charge in [0.25, 0.3) is 0 Å². The van der Waals surface area contributed by atoms with Crippen molar-refractivity contribution in [2.45, 2.75) is 12.8 Å². The van der Waals surface area contributed by atoms with Gasteiger partial charge in [-0.1, -0.05) is 0 Å². The summed E-state index contributed by atoms with van der Waals surface area (Å²) < 4.78 is 31.6. The molecule has 154 valence electrons. The van der Waals surface area contributed by atoms with E-state index in [1.165, 1.54) is 0 Å². The molecule has 2 rings (SSSR count). The van der Waals surface area contributed by atoms with Crippen LogP contribution in [0.2, 0.25) is 0 Å². The molecule has 0 unspecified atom stereocenters. The van der Waals surface area contributed by atoms with Crippen LogP contribution in [-0.4, -0.2) is 60.3 Å². The number of hydrogen-bond donors (Lipinski definition) is 0. The predicted molar refractivity (Wildman–Crippen MR) is 106 cm³/mol. The average molecular weight is 489 g/mol. The fourth-order valence-electron chi connectivity index (χ4n) is 2.39. The van der Waals surface area contributed by atoms with Crippen LogP contribution in [0.1, 0.15) is 12.8 Å². The minimum atomic E-state index is -2.57. The molecule has 0 spiro atoms. The molecule has 2 aliphatic rings. The van der Waals surface area contributed by atoms with E-state index in [9.17, 15) is 0 Å². The Kier molecular flexibility index (Phi) is 15.6. The molecule has 2 aliphatic carbocycles. The fourth-order valence-corrected chi connectivity index (χ4v) is 5.99. The average Bonchev–Trinajstić information content (AvgIpc) is 3.42. The SMILES string of the molecule is CO[Si](OC)(OC)C1=[C-]CC=C1.CO[Si](OC)(OC)C1=[C-]CC=C1.[Cl][Ti][Cl]. The van der Waals surface area contributed by atoms with E-state index in [0.717, 1.165) is 23.2 Å². The molecule has 27 heavy (non-hydrogen) atoms. The molecule has 0 aromatic rings. The number of rotatable bonds is 8. The zero-order valence-electron chi connectivity index (χ0n) is 16.4. The third-order valence-electron chi connectivity index (χ3n) is 3.66. The Morgan fingerprint density at radius 1 is 0.704 bits per heavy atom. The molecule has 11 heteroatoms. The van der Waals surface area contributed by atoms with E-state index in [0.29, 0.717) is 0 Å². The van der Waals surface area contributed by atoms with Gasteiger partial charge in [-0.05, 0) is 0 Å². The molecule has 0 N–H and O–H groups in total. The number of hydrogen-bond acceptors (Lipinski definition) is 6.